The number of amides is 1. The van der Waals surface area contributed by atoms with Gasteiger partial charge >= 0.3 is 0 Å². The van der Waals surface area contributed by atoms with Gasteiger partial charge in [-0.2, -0.15) is 0 Å². The van der Waals surface area contributed by atoms with Gasteiger partial charge in [-0.05, 0) is 17.9 Å². The highest BCUT2D eigenvalue weighted by atomic mass is 16.3. The molecule has 0 saturated carbocycles. The van der Waals surface area contributed by atoms with Crippen LogP contribution in [0.25, 0.3) is 0 Å². The summed E-state index contributed by atoms with van der Waals surface area (Å²) >= 11 is 0. The number of hydrogen-bond acceptors (Lipinski definition) is 3. The molecule has 0 aliphatic rings. The molecule has 1 amide bonds. The quantitative estimate of drug-likeness (QED) is 0.791. The summed E-state index contributed by atoms with van der Waals surface area (Å²) in [4.78, 5) is 23.6. The maximum absolute atomic E-state index is 12.0. The number of carbonyl (C=O) groups excluding carboxylic acids is 2. The van der Waals surface area contributed by atoms with E-state index in [1.165, 1.54) is 5.56 Å². The first-order valence-corrected chi connectivity index (χ1v) is 7.28. The number of Topliss-reactive ketones (excluding diaryl/α,β-unsaturated/α-hetero) is 1. The minimum atomic E-state index is -0.279. The number of aliphatic hydroxyl groups is 1. The van der Waals surface area contributed by atoms with E-state index < -0.39 is 0 Å². The zero-order valence-electron chi connectivity index (χ0n) is 13.3. The van der Waals surface area contributed by atoms with Gasteiger partial charge in [-0.3, -0.25) is 9.59 Å². The summed E-state index contributed by atoms with van der Waals surface area (Å²) in [5, 5.41) is 11.5. The zero-order chi connectivity index (χ0) is 16.0. The van der Waals surface area contributed by atoms with Crippen LogP contribution in [0.15, 0.2) is 24.3 Å². The van der Waals surface area contributed by atoms with Gasteiger partial charge in [0.15, 0.2) is 5.78 Å². The summed E-state index contributed by atoms with van der Waals surface area (Å²) in [5.41, 5.74) is 1.86. The van der Waals surface area contributed by atoms with Crippen LogP contribution in [0.3, 0.4) is 0 Å². The van der Waals surface area contributed by atoms with Crippen LogP contribution in [0.2, 0.25) is 0 Å². The smallest absolute Gasteiger partial charge is 0.220 e. The number of carbonyl (C=O) groups is 2. The first-order chi connectivity index (χ1) is 9.74. The monoisotopic (exact) mass is 291 g/mol. The highest BCUT2D eigenvalue weighted by molar-refractivity contribution is 5.98. The summed E-state index contributed by atoms with van der Waals surface area (Å²) in [6.45, 7) is 7.97. The number of rotatable bonds is 6. The number of benzene rings is 1. The molecule has 4 heteroatoms. The van der Waals surface area contributed by atoms with Crippen LogP contribution in [0.1, 0.15) is 56.5 Å². The fourth-order valence-corrected chi connectivity index (χ4v) is 1.92. The Balaban J connectivity index is 2.55. The van der Waals surface area contributed by atoms with Gasteiger partial charge in [0.2, 0.25) is 5.91 Å². The molecular weight excluding hydrogens is 266 g/mol. The van der Waals surface area contributed by atoms with Crippen molar-refractivity contribution in [2.45, 2.75) is 52.0 Å². The Hall–Kier alpha value is -1.68. The van der Waals surface area contributed by atoms with E-state index in [4.69, 9.17) is 5.11 Å². The molecule has 0 spiro atoms. The molecule has 0 fully saturated rings. The molecule has 0 aliphatic carbocycles. The number of ketones is 1. The van der Waals surface area contributed by atoms with Crippen molar-refractivity contribution in [1.29, 1.82) is 0 Å². The number of aliphatic hydroxyl groups excluding tert-OH is 1. The van der Waals surface area contributed by atoms with Gasteiger partial charge in [0.1, 0.15) is 0 Å². The molecule has 1 aromatic carbocycles. The Morgan fingerprint density at radius 1 is 1.14 bits per heavy atom. The maximum atomic E-state index is 12.0. The predicted molar refractivity (Wildman–Crippen MR) is 83.4 cm³/mol. The Morgan fingerprint density at radius 3 is 2.19 bits per heavy atom. The molecule has 2 N–H and O–H groups in total. The highest BCUT2D eigenvalue weighted by Crippen LogP contribution is 2.22. The lowest BCUT2D eigenvalue weighted by molar-refractivity contribution is -0.121. The Bertz CT molecular complexity index is 486. The second-order valence-electron chi connectivity index (χ2n) is 6.40. The van der Waals surface area contributed by atoms with Gasteiger partial charge in [-0.25, -0.2) is 0 Å². The van der Waals surface area contributed by atoms with Crippen LogP contribution >= 0.6 is 0 Å². The zero-order valence-corrected chi connectivity index (χ0v) is 13.3. The molecule has 1 aromatic rings. The molecule has 1 rings (SSSR count). The van der Waals surface area contributed by atoms with Gasteiger partial charge in [-0.15, -0.1) is 0 Å². The molecule has 1 atom stereocenters. The van der Waals surface area contributed by atoms with Crippen LogP contribution in [0, 0.1) is 0 Å². The predicted octanol–water partition coefficient (Wildman–Crippen LogP) is 2.44. The maximum Gasteiger partial charge on any atom is 0.220 e. The normalized spacial score (nSPS) is 12.8. The molecule has 0 radical (unpaired) electrons. The third-order valence-electron chi connectivity index (χ3n) is 3.33. The lowest BCUT2D eigenvalue weighted by Gasteiger charge is -2.19. The SMILES string of the molecule is C[C@@H](CO)NC(=O)CCC(=O)c1ccc(C(C)(C)C)cc1. The lowest BCUT2D eigenvalue weighted by atomic mass is 9.86. The van der Waals surface area contributed by atoms with Crippen molar-refractivity contribution in [1.82, 2.24) is 5.32 Å². The van der Waals surface area contributed by atoms with E-state index in [2.05, 4.69) is 26.1 Å². The van der Waals surface area contributed by atoms with Crippen molar-refractivity contribution in [3.8, 4) is 0 Å². The second-order valence-corrected chi connectivity index (χ2v) is 6.40. The van der Waals surface area contributed by atoms with Crippen molar-refractivity contribution in [3.63, 3.8) is 0 Å². The molecule has 21 heavy (non-hydrogen) atoms. The van der Waals surface area contributed by atoms with Gasteiger partial charge < -0.3 is 10.4 Å². The second kappa shape index (κ2) is 7.36. The highest BCUT2D eigenvalue weighted by Gasteiger charge is 2.15. The lowest BCUT2D eigenvalue weighted by Crippen LogP contribution is -2.35. The van der Waals surface area contributed by atoms with Crippen molar-refractivity contribution < 1.29 is 14.7 Å². The Morgan fingerprint density at radius 2 is 1.71 bits per heavy atom. The van der Waals surface area contributed by atoms with Crippen molar-refractivity contribution in [3.05, 3.63) is 35.4 Å². The summed E-state index contributed by atoms with van der Waals surface area (Å²) in [5.74, 6) is -0.251. The van der Waals surface area contributed by atoms with E-state index in [-0.39, 0.29) is 42.6 Å². The summed E-state index contributed by atoms with van der Waals surface area (Å²) < 4.78 is 0. The molecule has 0 aromatic heterocycles. The summed E-state index contributed by atoms with van der Waals surface area (Å²) in [6, 6.07) is 7.27. The molecule has 0 bridgehead atoms. The fourth-order valence-electron chi connectivity index (χ4n) is 1.92. The molecule has 0 saturated heterocycles. The molecule has 0 heterocycles. The Labute approximate surface area is 126 Å². The molecule has 0 unspecified atom stereocenters. The Kier molecular flexibility index (Phi) is 6.09. The van der Waals surface area contributed by atoms with Crippen LogP contribution in [0.5, 0.6) is 0 Å². The third-order valence-corrected chi connectivity index (χ3v) is 3.33. The minimum absolute atomic E-state index is 0.0396. The van der Waals surface area contributed by atoms with E-state index in [1.54, 1.807) is 6.92 Å². The van der Waals surface area contributed by atoms with E-state index >= 15 is 0 Å². The fraction of sp³-hybridized carbons (Fsp3) is 0.529. The molecule has 0 aliphatic heterocycles. The third kappa shape index (κ3) is 5.68. The summed E-state index contributed by atoms with van der Waals surface area (Å²) in [7, 11) is 0. The number of hydrogen-bond donors (Lipinski definition) is 2. The molecule has 4 nitrogen and oxygen atoms in total. The largest absolute Gasteiger partial charge is 0.394 e. The molecule has 116 valence electrons. The van der Waals surface area contributed by atoms with Crippen LogP contribution in [-0.4, -0.2) is 29.4 Å². The molecular formula is C17H25NO3. The van der Waals surface area contributed by atoms with Gasteiger partial charge in [0.05, 0.1) is 6.61 Å². The average Bonchev–Trinajstić information content (AvgIpc) is 2.43. The van der Waals surface area contributed by atoms with Crippen molar-refractivity contribution >= 4 is 11.7 Å². The average molecular weight is 291 g/mol. The van der Waals surface area contributed by atoms with E-state index in [1.807, 2.05) is 24.3 Å². The summed E-state index contributed by atoms with van der Waals surface area (Å²) in [6.07, 6.45) is 0.322. The van der Waals surface area contributed by atoms with Crippen molar-refractivity contribution in [2.75, 3.05) is 6.61 Å². The van der Waals surface area contributed by atoms with E-state index in [0.29, 0.717) is 5.56 Å². The van der Waals surface area contributed by atoms with Crippen LogP contribution in [-0.2, 0) is 10.2 Å². The van der Waals surface area contributed by atoms with Gasteiger partial charge in [0.25, 0.3) is 0 Å². The van der Waals surface area contributed by atoms with Crippen LogP contribution in [0.4, 0.5) is 0 Å². The van der Waals surface area contributed by atoms with Crippen LogP contribution < -0.4 is 5.32 Å². The van der Waals surface area contributed by atoms with Gasteiger partial charge in [-0.1, -0.05) is 45.0 Å². The standard InChI is InChI=1S/C17H25NO3/c1-12(11-19)18-16(21)10-9-15(20)13-5-7-14(8-6-13)17(2,3)4/h5-8,12,19H,9-11H2,1-4H3,(H,18,21)/t12-/m0/s1. The minimum Gasteiger partial charge on any atom is -0.394 e. The first kappa shape index (κ1) is 17.4. The first-order valence-electron chi connectivity index (χ1n) is 7.28. The van der Waals surface area contributed by atoms with E-state index in [0.717, 1.165) is 0 Å². The van der Waals surface area contributed by atoms with E-state index in [9.17, 15) is 9.59 Å². The number of nitrogens with one attached hydrogen (secondary N) is 1. The topological polar surface area (TPSA) is 66.4 Å². The van der Waals surface area contributed by atoms with Gasteiger partial charge in [0, 0.05) is 24.4 Å². The van der Waals surface area contributed by atoms with Crippen molar-refractivity contribution in [2.24, 2.45) is 0 Å².